The highest BCUT2D eigenvalue weighted by Crippen LogP contribution is 2.27. The van der Waals surface area contributed by atoms with Crippen molar-refractivity contribution < 1.29 is 23.9 Å². The Balaban J connectivity index is 1.26. The third kappa shape index (κ3) is 6.49. The van der Waals surface area contributed by atoms with Gasteiger partial charge < -0.3 is 9.47 Å². The molecule has 2 amide bonds. The number of hydrogen-bond donors (Lipinski definition) is 2. The average molecular weight is 532 g/mol. The number of rotatable bonds is 8. The molecule has 0 saturated carbocycles. The summed E-state index contributed by atoms with van der Waals surface area (Å²) in [5.41, 5.74) is 8.22. The maximum atomic E-state index is 13.0. The molecule has 8 heteroatoms. The average Bonchev–Trinajstić information content (AvgIpc) is 3.02. The first-order valence-corrected chi connectivity index (χ1v) is 12.5. The van der Waals surface area contributed by atoms with Crippen LogP contribution in [0.15, 0.2) is 115 Å². The first kappa shape index (κ1) is 26.1. The van der Waals surface area contributed by atoms with Gasteiger partial charge in [-0.25, -0.2) is 9.78 Å². The number of fused-ring (bicyclic) bond motifs is 1. The quantitative estimate of drug-likeness (QED) is 0.213. The fraction of sp³-hybridized carbons (Fsp3) is 0.0625. The highest BCUT2D eigenvalue weighted by atomic mass is 16.5. The maximum absolute atomic E-state index is 13.0. The number of esters is 1. The fourth-order valence-corrected chi connectivity index (χ4v) is 3.99. The van der Waals surface area contributed by atoms with Gasteiger partial charge in [-0.15, -0.1) is 0 Å². The van der Waals surface area contributed by atoms with E-state index < -0.39 is 24.4 Å². The molecule has 0 atom stereocenters. The number of ether oxygens (including phenoxy) is 2. The summed E-state index contributed by atoms with van der Waals surface area (Å²) < 4.78 is 11.1. The zero-order valence-electron chi connectivity index (χ0n) is 21.4. The van der Waals surface area contributed by atoms with Crippen LogP contribution >= 0.6 is 0 Å². The molecule has 0 bridgehead atoms. The van der Waals surface area contributed by atoms with Crippen molar-refractivity contribution in [1.29, 1.82) is 0 Å². The summed E-state index contributed by atoms with van der Waals surface area (Å²) >= 11 is 0. The van der Waals surface area contributed by atoms with Gasteiger partial charge in [-0.05, 0) is 54.1 Å². The van der Waals surface area contributed by atoms with Crippen LogP contribution in [0.3, 0.4) is 0 Å². The predicted octanol–water partition coefficient (Wildman–Crippen LogP) is 5.10. The molecule has 0 aliphatic carbocycles. The van der Waals surface area contributed by atoms with Crippen LogP contribution in [-0.4, -0.2) is 29.4 Å². The summed E-state index contributed by atoms with van der Waals surface area (Å²) in [5, 5.41) is 0.594. The van der Waals surface area contributed by atoms with Gasteiger partial charge in [0.15, 0.2) is 6.61 Å². The third-order valence-corrected chi connectivity index (χ3v) is 6.02. The number of pyridine rings is 1. The summed E-state index contributed by atoms with van der Waals surface area (Å²) in [6.45, 7) is -0.124. The summed E-state index contributed by atoms with van der Waals surface area (Å²) in [7, 11) is 0. The van der Waals surface area contributed by atoms with Crippen LogP contribution < -0.4 is 15.6 Å². The minimum Gasteiger partial charge on any atom is -0.489 e. The molecule has 198 valence electrons. The fourth-order valence-electron chi connectivity index (χ4n) is 3.99. The van der Waals surface area contributed by atoms with Crippen LogP contribution in [0.25, 0.3) is 22.2 Å². The van der Waals surface area contributed by atoms with Crippen molar-refractivity contribution in [1.82, 2.24) is 15.8 Å². The standard InChI is InChI=1S/C32H25N3O5/c36-30(34-35-31(37)24-11-5-2-6-12-24)21-40-32(38)27-19-29(33-28-14-8-7-13-26(27)28)23-15-17-25(18-16-23)39-20-22-9-3-1-4-10-22/h1-19H,20-21H2,(H,34,36)(H,35,37). The van der Waals surface area contributed by atoms with Crippen LogP contribution in [-0.2, 0) is 16.1 Å². The molecule has 0 unspecified atom stereocenters. The number of carbonyl (C=O) groups excluding carboxylic acids is 3. The van der Waals surface area contributed by atoms with Gasteiger partial charge in [0.2, 0.25) is 0 Å². The Morgan fingerprint density at radius 3 is 2.15 bits per heavy atom. The number of aromatic nitrogens is 1. The van der Waals surface area contributed by atoms with E-state index in [1.807, 2.05) is 60.7 Å². The van der Waals surface area contributed by atoms with E-state index in [-0.39, 0.29) is 5.56 Å². The van der Waals surface area contributed by atoms with Gasteiger partial charge in [0.1, 0.15) is 12.4 Å². The highest BCUT2D eigenvalue weighted by molar-refractivity contribution is 6.05. The van der Waals surface area contributed by atoms with E-state index in [4.69, 9.17) is 14.5 Å². The Hall–Kier alpha value is -5.50. The van der Waals surface area contributed by atoms with E-state index in [0.717, 1.165) is 11.1 Å². The lowest BCUT2D eigenvalue weighted by Gasteiger charge is -2.11. The van der Waals surface area contributed by atoms with Gasteiger partial charge >= 0.3 is 5.97 Å². The van der Waals surface area contributed by atoms with Crippen molar-refractivity contribution in [2.45, 2.75) is 6.61 Å². The number of nitrogens with one attached hydrogen (secondary N) is 2. The van der Waals surface area contributed by atoms with E-state index in [2.05, 4.69) is 10.9 Å². The van der Waals surface area contributed by atoms with Crippen LogP contribution in [0.2, 0.25) is 0 Å². The lowest BCUT2D eigenvalue weighted by molar-refractivity contribution is -0.125. The van der Waals surface area contributed by atoms with Crippen molar-refractivity contribution in [3.8, 4) is 17.0 Å². The topological polar surface area (TPSA) is 107 Å². The smallest absolute Gasteiger partial charge is 0.339 e. The van der Waals surface area contributed by atoms with Crippen molar-refractivity contribution >= 4 is 28.7 Å². The molecular formula is C32H25N3O5. The first-order chi connectivity index (χ1) is 19.6. The Morgan fingerprint density at radius 1 is 0.725 bits per heavy atom. The van der Waals surface area contributed by atoms with Crippen molar-refractivity contribution in [2.24, 2.45) is 0 Å². The maximum Gasteiger partial charge on any atom is 0.339 e. The molecule has 5 rings (SSSR count). The molecule has 1 aromatic heterocycles. The molecule has 4 aromatic carbocycles. The Morgan fingerprint density at radius 2 is 1.40 bits per heavy atom. The van der Waals surface area contributed by atoms with E-state index in [1.165, 1.54) is 0 Å². The van der Waals surface area contributed by atoms with E-state index in [0.29, 0.717) is 34.5 Å². The monoisotopic (exact) mass is 531 g/mol. The molecule has 2 N–H and O–H groups in total. The second kappa shape index (κ2) is 12.4. The minimum absolute atomic E-state index is 0.270. The highest BCUT2D eigenvalue weighted by Gasteiger charge is 2.17. The van der Waals surface area contributed by atoms with Crippen LogP contribution in [0.5, 0.6) is 5.75 Å². The molecule has 1 heterocycles. The largest absolute Gasteiger partial charge is 0.489 e. The third-order valence-electron chi connectivity index (χ3n) is 6.02. The lowest BCUT2D eigenvalue weighted by Crippen LogP contribution is -2.43. The molecular weight excluding hydrogens is 506 g/mol. The second-order valence-electron chi connectivity index (χ2n) is 8.82. The zero-order chi connectivity index (χ0) is 27.7. The SMILES string of the molecule is O=C(COC(=O)c1cc(-c2ccc(OCc3ccccc3)cc2)nc2ccccc12)NNC(=O)c1ccccc1. The summed E-state index contributed by atoms with van der Waals surface area (Å²) in [6, 6.07) is 34.6. The Kier molecular flexibility index (Phi) is 8.07. The normalized spacial score (nSPS) is 10.5. The summed E-state index contributed by atoms with van der Waals surface area (Å²) in [6.07, 6.45) is 0. The van der Waals surface area contributed by atoms with Gasteiger partial charge in [0.25, 0.3) is 11.8 Å². The van der Waals surface area contributed by atoms with Gasteiger partial charge in [0, 0.05) is 16.5 Å². The number of benzene rings is 4. The van der Waals surface area contributed by atoms with E-state index in [9.17, 15) is 14.4 Å². The number of nitrogens with zero attached hydrogens (tertiary/aromatic N) is 1. The lowest BCUT2D eigenvalue weighted by atomic mass is 10.0. The van der Waals surface area contributed by atoms with E-state index >= 15 is 0 Å². The van der Waals surface area contributed by atoms with Crippen molar-refractivity contribution in [3.05, 3.63) is 132 Å². The molecule has 0 radical (unpaired) electrons. The molecule has 0 saturated heterocycles. The first-order valence-electron chi connectivity index (χ1n) is 12.5. The van der Waals surface area contributed by atoms with Crippen LogP contribution in [0, 0.1) is 0 Å². The van der Waals surface area contributed by atoms with Gasteiger partial charge in [-0.3, -0.25) is 20.4 Å². The number of hydrogen-bond acceptors (Lipinski definition) is 6. The zero-order valence-corrected chi connectivity index (χ0v) is 21.4. The van der Waals surface area contributed by atoms with Crippen LogP contribution in [0.1, 0.15) is 26.3 Å². The summed E-state index contributed by atoms with van der Waals surface area (Å²) in [5.74, 6) is -1.14. The van der Waals surface area contributed by atoms with Gasteiger partial charge in [-0.2, -0.15) is 0 Å². The number of amides is 2. The number of para-hydroxylation sites is 1. The second-order valence-corrected chi connectivity index (χ2v) is 8.82. The molecule has 40 heavy (non-hydrogen) atoms. The van der Waals surface area contributed by atoms with Gasteiger partial charge in [0.05, 0.1) is 16.8 Å². The van der Waals surface area contributed by atoms with Gasteiger partial charge in [-0.1, -0.05) is 66.7 Å². The number of carbonyl (C=O) groups is 3. The molecule has 8 nitrogen and oxygen atoms in total. The molecule has 0 spiro atoms. The van der Waals surface area contributed by atoms with Crippen molar-refractivity contribution in [2.75, 3.05) is 6.61 Å². The number of hydrazine groups is 1. The molecule has 0 aliphatic heterocycles. The van der Waals surface area contributed by atoms with E-state index in [1.54, 1.807) is 54.6 Å². The molecule has 5 aromatic rings. The predicted molar refractivity (Wildman–Crippen MR) is 150 cm³/mol. The Labute approximate surface area is 230 Å². The molecule has 0 aliphatic rings. The van der Waals surface area contributed by atoms with Crippen molar-refractivity contribution in [3.63, 3.8) is 0 Å². The molecule has 0 fully saturated rings. The van der Waals surface area contributed by atoms with Crippen LogP contribution in [0.4, 0.5) is 0 Å². The summed E-state index contributed by atoms with van der Waals surface area (Å²) in [4.78, 5) is 42.1. The Bertz CT molecular complexity index is 1640. The minimum atomic E-state index is -0.688.